The van der Waals surface area contributed by atoms with Crippen LogP contribution in [0, 0.1) is 5.92 Å². The number of carboxylic acid groups (broad SMARTS) is 1. The van der Waals surface area contributed by atoms with Crippen LogP contribution in [0.15, 0.2) is 67.3 Å². The van der Waals surface area contributed by atoms with Crippen LogP contribution in [0.5, 0.6) is 0 Å². The van der Waals surface area contributed by atoms with Gasteiger partial charge in [0.05, 0.1) is 6.42 Å². The molecule has 0 aliphatic rings. The van der Waals surface area contributed by atoms with Gasteiger partial charge in [-0.1, -0.05) is 31.2 Å². The van der Waals surface area contributed by atoms with E-state index in [2.05, 4.69) is 22.5 Å². The number of aliphatic carboxylic acids is 1. The molecule has 0 spiro atoms. The number of nitrogens with one attached hydrogen (secondary N) is 3. The number of nitrogens with zero attached hydrogens (tertiary/aromatic N) is 1. The average Bonchev–Trinajstić information content (AvgIpc) is 2.79. The monoisotopic (exact) mass is 466 g/mol. The summed E-state index contributed by atoms with van der Waals surface area (Å²) in [5.41, 5.74) is 1.82. The van der Waals surface area contributed by atoms with E-state index in [-0.39, 0.29) is 30.7 Å². The zero-order valence-electron chi connectivity index (χ0n) is 19.3. The standard InChI is InChI=1S/C25H30N4O5/c1-4-8-20(16-23(31)32)26-24(33)17(2)15-22(30)29(3)21-13-11-19(12-14-21)28-25(34)27-18-9-6-5-7-10-18/h4-7,9-14,17,20H,1,8,15-16H2,2-3H3,(H,26,33)(H,31,32)(H2,27,28,34)/t17?,20-/m1/s1. The van der Waals surface area contributed by atoms with Gasteiger partial charge in [-0.25, -0.2) is 4.79 Å². The van der Waals surface area contributed by atoms with Crippen molar-refractivity contribution in [3.05, 3.63) is 67.3 Å². The first kappa shape index (κ1) is 26.1. The van der Waals surface area contributed by atoms with E-state index in [4.69, 9.17) is 5.11 Å². The summed E-state index contributed by atoms with van der Waals surface area (Å²) in [6.07, 6.45) is 1.60. The van der Waals surface area contributed by atoms with Crippen LogP contribution in [0.4, 0.5) is 21.9 Å². The highest BCUT2D eigenvalue weighted by molar-refractivity contribution is 6.00. The van der Waals surface area contributed by atoms with E-state index >= 15 is 0 Å². The van der Waals surface area contributed by atoms with Crippen molar-refractivity contribution in [1.29, 1.82) is 0 Å². The van der Waals surface area contributed by atoms with Crippen LogP contribution in [0.2, 0.25) is 0 Å². The van der Waals surface area contributed by atoms with Gasteiger partial charge in [0.1, 0.15) is 0 Å². The molecule has 4 amide bonds. The summed E-state index contributed by atoms with van der Waals surface area (Å²) in [5.74, 6) is -2.33. The fraction of sp³-hybridized carbons (Fsp3) is 0.280. The lowest BCUT2D eigenvalue weighted by Gasteiger charge is -2.22. The summed E-state index contributed by atoms with van der Waals surface area (Å²) in [7, 11) is 1.60. The molecule has 34 heavy (non-hydrogen) atoms. The van der Waals surface area contributed by atoms with Gasteiger partial charge in [0.25, 0.3) is 0 Å². The maximum absolute atomic E-state index is 12.7. The van der Waals surface area contributed by atoms with Gasteiger partial charge in [-0.3, -0.25) is 14.4 Å². The fourth-order valence-electron chi connectivity index (χ4n) is 3.17. The topological polar surface area (TPSA) is 128 Å². The number of carbonyl (C=O) groups excluding carboxylic acids is 3. The molecule has 1 unspecified atom stereocenters. The van der Waals surface area contributed by atoms with E-state index in [1.807, 2.05) is 18.2 Å². The van der Waals surface area contributed by atoms with Crippen molar-refractivity contribution >= 4 is 40.9 Å². The summed E-state index contributed by atoms with van der Waals surface area (Å²) in [5, 5.41) is 17.1. The zero-order chi connectivity index (χ0) is 25.1. The maximum Gasteiger partial charge on any atom is 0.323 e. The van der Waals surface area contributed by atoms with Crippen LogP contribution < -0.4 is 20.9 Å². The summed E-state index contributed by atoms with van der Waals surface area (Å²) in [4.78, 5) is 49.6. The molecule has 0 aliphatic heterocycles. The van der Waals surface area contributed by atoms with Crippen molar-refractivity contribution in [2.24, 2.45) is 5.92 Å². The van der Waals surface area contributed by atoms with Crippen molar-refractivity contribution in [3.63, 3.8) is 0 Å². The Balaban J connectivity index is 1.89. The number of rotatable bonds is 11. The Bertz CT molecular complexity index is 1010. The van der Waals surface area contributed by atoms with E-state index in [1.54, 1.807) is 56.4 Å². The Morgan fingerprint density at radius 3 is 2.12 bits per heavy atom. The van der Waals surface area contributed by atoms with E-state index in [9.17, 15) is 19.2 Å². The lowest BCUT2D eigenvalue weighted by atomic mass is 10.0. The number of carbonyl (C=O) groups is 4. The predicted molar refractivity (Wildman–Crippen MR) is 132 cm³/mol. The van der Waals surface area contributed by atoms with Gasteiger partial charge in [0, 0.05) is 42.5 Å². The number of para-hydroxylation sites is 1. The van der Waals surface area contributed by atoms with Crippen molar-refractivity contribution < 1.29 is 24.3 Å². The van der Waals surface area contributed by atoms with E-state index < -0.39 is 17.9 Å². The third kappa shape index (κ3) is 8.42. The number of benzene rings is 2. The lowest BCUT2D eigenvalue weighted by molar-refractivity contribution is -0.138. The van der Waals surface area contributed by atoms with Crippen molar-refractivity contribution in [3.8, 4) is 0 Å². The molecule has 9 heteroatoms. The largest absolute Gasteiger partial charge is 0.481 e. The molecule has 9 nitrogen and oxygen atoms in total. The molecule has 0 aliphatic carbocycles. The number of amides is 4. The molecule has 0 bridgehead atoms. The summed E-state index contributed by atoms with van der Waals surface area (Å²) >= 11 is 0. The minimum Gasteiger partial charge on any atom is -0.481 e. The molecule has 0 radical (unpaired) electrons. The van der Waals surface area contributed by atoms with Crippen LogP contribution in [0.1, 0.15) is 26.2 Å². The van der Waals surface area contributed by atoms with Gasteiger partial charge in [-0.2, -0.15) is 0 Å². The summed E-state index contributed by atoms with van der Waals surface area (Å²) in [6.45, 7) is 5.19. The molecule has 2 atom stereocenters. The first-order valence-electron chi connectivity index (χ1n) is 10.8. The second kappa shape index (κ2) is 12.8. The number of hydrogen-bond donors (Lipinski definition) is 4. The molecule has 0 aromatic heterocycles. The quantitative estimate of drug-likeness (QED) is 0.374. The Morgan fingerprint density at radius 1 is 0.971 bits per heavy atom. The van der Waals surface area contributed by atoms with E-state index in [0.717, 1.165) is 0 Å². The van der Waals surface area contributed by atoms with Gasteiger partial charge in [0.2, 0.25) is 11.8 Å². The highest BCUT2D eigenvalue weighted by atomic mass is 16.4. The molecule has 0 heterocycles. The number of urea groups is 1. The Hall–Kier alpha value is -4.14. The fourth-order valence-corrected chi connectivity index (χ4v) is 3.17. The molecule has 2 rings (SSSR count). The Kier molecular flexibility index (Phi) is 9.82. The molecule has 0 fully saturated rings. The molecular formula is C25H30N4O5. The number of anilines is 3. The first-order valence-corrected chi connectivity index (χ1v) is 10.8. The van der Waals surface area contributed by atoms with Crippen molar-refractivity contribution in [1.82, 2.24) is 5.32 Å². The molecular weight excluding hydrogens is 436 g/mol. The number of hydrogen-bond acceptors (Lipinski definition) is 4. The third-order valence-electron chi connectivity index (χ3n) is 5.07. The highest BCUT2D eigenvalue weighted by Gasteiger charge is 2.23. The summed E-state index contributed by atoms with van der Waals surface area (Å²) < 4.78 is 0. The third-order valence-corrected chi connectivity index (χ3v) is 5.07. The Labute approximate surface area is 198 Å². The Morgan fingerprint density at radius 2 is 1.56 bits per heavy atom. The molecule has 2 aromatic carbocycles. The normalized spacial score (nSPS) is 12.1. The SMILES string of the molecule is C=CC[C@H](CC(=O)O)NC(=O)C(C)CC(=O)N(C)c1ccc(NC(=O)Nc2ccccc2)cc1. The second-order valence-electron chi connectivity index (χ2n) is 7.88. The average molecular weight is 467 g/mol. The van der Waals surface area contributed by atoms with Gasteiger partial charge < -0.3 is 26.0 Å². The van der Waals surface area contributed by atoms with Crippen molar-refractivity contribution in [2.45, 2.75) is 32.2 Å². The van der Waals surface area contributed by atoms with Crippen molar-refractivity contribution in [2.75, 3.05) is 22.6 Å². The summed E-state index contributed by atoms with van der Waals surface area (Å²) in [6, 6.07) is 14.8. The van der Waals surface area contributed by atoms with Gasteiger partial charge in [-0.15, -0.1) is 6.58 Å². The van der Waals surface area contributed by atoms with Gasteiger partial charge in [0.15, 0.2) is 0 Å². The molecule has 180 valence electrons. The van der Waals surface area contributed by atoms with Crippen LogP contribution in [0.25, 0.3) is 0 Å². The minimum absolute atomic E-state index is 0.0459. The van der Waals surface area contributed by atoms with Crippen LogP contribution in [-0.4, -0.2) is 42.0 Å². The molecule has 0 saturated carbocycles. The van der Waals surface area contributed by atoms with Crippen LogP contribution in [-0.2, 0) is 14.4 Å². The highest BCUT2D eigenvalue weighted by Crippen LogP contribution is 2.19. The van der Waals surface area contributed by atoms with Crippen LogP contribution >= 0.6 is 0 Å². The number of carboxylic acids is 1. The first-order chi connectivity index (χ1) is 16.2. The molecule has 0 saturated heterocycles. The smallest absolute Gasteiger partial charge is 0.323 e. The molecule has 2 aromatic rings. The zero-order valence-corrected chi connectivity index (χ0v) is 19.3. The van der Waals surface area contributed by atoms with E-state index in [1.165, 1.54) is 4.90 Å². The van der Waals surface area contributed by atoms with Gasteiger partial charge in [-0.05, 0) is 42.8 Å². The second-order valence-corrected chi connectivity index (χ2v) is 7.88. The van der Waals surface area contributed by atoms with E-state index in [0.29, 0.717) is 23.5 Å². The minimum atomic E-state index is -1.02. The predicted octanol–water partition coefficient (Wildman–Crippen LogP) is 3.86. The van der Waals surface area contributed by atoms with Crippen LogP contribution in [0.3, 0.4) is 0 Å². The molecule has 4 N–H and O–H groups in total. The van der Waals surface area contributed by atoms with Gasteiger partial charge >= 0.3 is 12.0 Å². The maximum atomic E-state index is 12.7. The lowest BCUT2D eigenvalue weighted by Crippen LogP contribution is -2.40.